The second kappa shape index (κ2) is 12.6. The normalized spacial score (nSPS) is 19.4. The minimum absolute atomic E-state index is 0.138. The molecular weight excluding hydrogens is 530 g/mol. The third kappa shape index (κ3) is 7.39. The molecule has 0 spiro atoms. The third-order valence-electron chi connectivity index (χ3n) is 6.70. The molecule has 3 N–H and O–H groups in total. The predicted octanol–water partition coefficient (Wildman–Crippen LogP) is 4.27. The van der Waals surface area contributed by atoms with Gasteiger partial charge in [0.2, 0.25) is 10.0 Å². The number of hydroxylamine groups is 1. The highest BCUT2D eigenvalue weighted by molar-refractivity contribution is 7.89. The fourth-order valence-corrected chi connectivity index (χ4v) is 5.85. The molecular formula is C28H30F2N2O6S. The first-order valence-corrected chi connectivity index (χ1v) is 14.0. The lowest BCUT2D eigenvalue weighted by Gasteiger charge is -2.38. The fourth-order valence-electron chi connectivity index (χ4n) is 4.47. The maximum absolute atomic E-state index is 13.8. The molecule has 0 radical (unpaired) electrons. The molecule has 8 nitrogen and oxygen atoms in total. The van der Waals surface area contributed by atoms with Crippen molar-refractivity contribution in [3.05, 3.63) is 95.6 Å². The van der Waals surface area contributed by atoms with E-state index in [1.807, 2.05) is 18.2 Å². The van der Waals surface area contributed by atoms with Gasteiger partial charge in [-0.25, -0.2) is 22.7 Å². The minimum atomic E-state index is -4.20. The highest BCUT2D eigenvalue weighted by Crippen LogP contribution is 2.29. The van der Waals surface area contributed by atoms with Crippen molar-refractivity contribution in [2.75, 3.05) is 6.61 Å². The summed E-state index contributed by atoms with van der Waals surface area (Å²) in [6.45, 7) is -0.418. The van der Waals surface area contributed by atoms with E-state index in [4.69, 9.17) is 9.47 Å². The average Bonchev–Trinajstić information content (AvgIpc) is 2.94. The van der Waals surface area contributed by atoms with Crippen LogP contribution in [0, 0.1) is 11.6 Å². The molecule has 0 aromatic heterocycles. The number of aryl methyl sites for hydroxylation is 1. The van der Waals surface area contributed by atoms with Gasteiger partial charge in [-0.2, -0.15) is 4.72 Å². The lowest BCUT2D eigenvalue weighted by atomic mass is 9.89. The Balaban J connectivity index is 1.36. The molecule has 2 atom stereocenters. The Kier molecular flexibility index (Phi) is 9.28. The van der Waals surface area contributed by atoms with E-state index in [9.17, 15) is 27.2 Å². The summed E-state index contributed by atoms with van der Waals surface area (Å²) in [7, 11) is -4.20. The van der Waals surface area contributed by atoms with Gasteiger partial charge in [-0.05, 0) is 74.1 Å². The van der Waals surface area contributed by atoms with Gasteiger partial charge in [-0.15, -0.1) is 0 Å². The maximum atomic E-state index is 13.8. The van der Waals surface area contributed by atoms with E-state index in [-0.39, 0.29) is 41.9 Å². The van der Waals surface area contributed by atoms with Crippen LogP contribution in [0.4, 0.5) is 8.78 Å². The van der Waals surface area contributed by atoms with E-state index in [1.165, 1.54) is 35.9 Å². The molecule has 4 rings (SSSR count). The zero-order chi connectivity index (χ0) is 27.9. The van der Waals surface area contributed by atoms with E-state index in [2.05, 4.69) is 16.9 Å². The van der Waals surface area contributed by atoms with Gasteiger partial charge < -0.3 is 9.47 Å². The molecule has 0 aliphatic carbocycles. The molecule has 2 unspecified atom stereocenters. The van der Waals surface area contributed by atoms with Crippen LogP contribution in [-0.2, 0) is 32.6 Å². The van der Waals surface area contributed by atoms with E-state index in [0.29, 0.717) is 6.42 Å². The van der Waals surface area contributed by atoms with Gasteiger partial charge in [0.25, 0.3) is 5.91 Å². The van der Waals surface area contributed by atoms with Gasteiger partial charge in [0.05, 0.1) is 17.6 Å². The van der Waals surface area contributed by atoms with Gasteiger partial charge >= 0.3 is 0 Å². The van der Waals surface area contributed by atoms with Crippen LogP contribution >= 0.6 is 0 Å². The third-order valence-corrected chi connectivity index (χ3v) is 8.25. The molecule has 39 heavy (non-hydrogen) atoms. The Morgan fingerprint density at radius 1 is 1.08 bits per heavy atom. The Morgan fingerprint density at radius 3 is 2.46 bits per heavy atom. The van der Waals surface area contributed by atoms with Crippen LogP contribution < -0.4 is 14.9 Å². The number of nitrogens with one attached hydrogen (secondary N) is 2. The Bertz CT molecular complexity index is 1360. The number of benzene rings is 3. The van der Waals surface area contributed by atoms with Crippen molar-refractivity contribution in [3.63, 3.8) is 0 Å². The molecule has 1 amide bonds. The predicted molar refractivity (Wildman–Crippen MR) is 138 cm³/mol. The monoisotopic (exact) mass is 560 g/mol. The summed E-state index contributed by atoms with van der Waals surface area (Å²) in [5, 5.41) is 9.32. The zero-order valence-electron chi connectivity index (χ0n) is 21.1. The number of halogens is 2. The lowest BCUT2D eigenvalue weighted by molar-refractivity contribution is -0.143. The fraction of sp³-hybridized carbons (Fsp3) is 0.321. The Morgan fingerprint density at radius 2 is 1.82 bits per heavy atom. The zero-order valence-corrected chi connectivity index (χ0v) is 21.9. The molecule has 0 bridgehead atoms. The maximum Gasteiger partial charge on any atom is 0.267 e. The van der Waals surface area contributed by atoms with Crippen LogP contribution in [0.15, 0.2) is 77.7 Å². The molecule has 1 heterocycles. The van der Waals surface area contributed by atoms with Gasteiger partial charge in [0.1, 0.15) is 29.5 Å². The number of ether oxygens (including phenoxy) is 2. The van der Waals surface area contributed by atoms with Crippen LogP contribution in [0.25, 0.3) is 0 Å². The summed E-state index contributed by atoms with van der Waals surface area (Å²) in [5.41, 5.74) is 1.23. The van der Waals surface area contributed by atoms with Gasteiger partial charge in [-0.3, -0.25) is 10.0 Å². The largest absolute Gasteiger partial charge is 0.489 e. The SMILES string of the molecule is O=C(NO)C1(NS(=O)(=O)c2ccc(OCc3ccc(F)cc3F)cc2)CCC(CCCc2ccccc2)OC1. The molecule has 3 aromatic carbocycles. The van der Waals surface area contributed by atoms with Crippen LogP contribution in [-0.4, -0.2) is 37.8 Å². The molecule has 1 aliphatic heterocycles. The number of carbonyl (C=O) groups excluding carboxylic acids is 1. The first-order chi connectivity index (χ1) is 18.7. The van der Waals surface area contributed by atoms with Crippen LogP contribution in [0.2, 0.25) is 0 Å². The van der Waals surface area contributed by atoms with E-state index in [1.54, 1.807) is 5.48 Å². The molecule has 11 heteroatoms. The summed E-state index contributed by atoms with van der Waals surface area (Å²) in [5.74, 6) is -2.10. The smallest absolute Gasteiger partial charge is 0.267 e. The van der Waals surface area contributed by atoms with Gasteiger partial charge in [0, 0.05) is 11.6 Å². The summed E-state index contributed by atoms with van der Waals surface area (Å²) in [6.07, 6.45) is 2.94. The van der Waals surface area contributed by atoms with Gasteiger partial charge in [-0.1, -0.05) is 30.3 Å². The molecule has 0 saturated carbocycles. The summed E-state index contributed by atoms with van der Waals surface area (Å²) < 4.78 is 67.0. The van der Waals surface area contributed by atoms with Crippen LogP contribution in [0.1, 0.15) is 36.8 Å². The Hall–Kier alpha value is -3.38. The highest BCUT2D eigenvalue weighted by Gasteiger charge is 2.46. The van der Waals surface area contributed by atoms with Crippen molar-refractivity contribution in [3.8, 4) is 5.75 Å². The molecule has 1 saturated heterocycles. The second-order valence-electron chi connectivity index (χ2n) is 9.47. The topological polar surface area (TPSA) is 114 Å². The second-order valence-corrected chi connectivity index (χ2v) is 11.2. The van der Waals surface area contributed by atoms with Crippen molar-refractivity contribution in [2.24, 2.45) is 0 Å². The number of sulfonamides is 1. The molecule has 1 aliphatic rings. The highest BCUT2D eigenvalue weighted by atomic mass is 32.2. The lowest BCUT2D eigenvalue weighted by Crippen LogP contribution is -2.63. The van der Waals surface area contributed by atoms with Crippen molar-refractivity contribution >= 4 is 15.9 Å². The van der Waals surface area contributed by atoms with Crippen LogP contribution in [0.5, 0.6) is 5.75 Å². The van der Waals surface area contributed by atoms with E-state index >= 15 is 0 Å². The number of hydrogen-bond acceptors (Lipinski definition) is 6. The number of amides is 1. The number of rotatable bonds is 11. The van der Waals surface area contributed by atoms with Crippen molar-refractivity contribution in [1.82, 2.24) is 10.2 Å². The molecule has 208 valence electrons. The minimum Gasteiger partial charge on any atom is -0.489 e. The quantitative estimate of drug-likeness (QED) is 0.239. The van der Waals surface area contributed by atoms with Crippen molar-refractivity contribution in [1.29, 1.82) is 0 Å². The van der Waals surface area contributed by atoms with E-state index < -0.39 is 33.1 Å². The first-order valence-electron chi connectivity index (χ1n) is 12.5. The van der Waals surface area contributed by atoms with Crippen molar-refractivity contribution in [2.45, 2.75) is 55.2 Å². The summed E-state index contributed by atoms with van der Waals surface area (Å²) in [4.78, 5) is 12.4. The molecule has 3 aromatic rings. The molecule has 1 fully saturated rings. The Labute approximate surface area is 226 Å². The van der Waals surface area contributed by atoms with Crippen LogP contribution in [0.3, 0.4) is 0 Å². The van der Waals surface area contributed by atoms with Gasteiger partial charge in [0.15, 0.2) is 0 Å². The van der Waals surface area contributed by atoms with Crippen molar-refractivity contribution < 1.29 is 36.7 Å². The number of carbonyl (C=O) groups is 1. The summed E-state index contributed by atoms with van der Waals surface area (Å²) >= 11 is 0. The number of hydrogen-bond donors (Lipinski definition) is 3. The standard InChI is InChI=1S/C28H30F2N2O6S/c29-22-10-9-21(26(30)17-22)18-37-24-11-13-25(14-12-24)39(35,36)32-28(27(33)31-34)16-15-23(38-19-28)8-4-7-20-5-2-1-3-6-20/h1-3,5-6,9-14,17,23,32,34H,4,7-8,15-16,18-19H2,(H,31,33). The first kappa shape index (κ1) is 28.6. The summed E-state index contributed by atoms with van der Waals surface area (Å²) in [6, 6.07) is 18.5. The average molecular weight is 561 g/mol. The van der Waals surface area contributed by atoms with E-state index in [0.717, 1.165) is 31.4 Å².